The molecule has 1 aliphatic rings. The normalized spacial score (nSPS) is 13.7. The van der Waals surface area contributed by atoms with Crippen LogP contribution in [0.25, 0.3) is 38.9 Å². The number of nitrogens with one attached hydrogen (secondary N) is 1. The highest BCUT2D eigenvalue weighted by atomic mass is 19.3. The van der Waals surface area contributed by atoms with E-state index in [9.17, 15) is 13.6 Å². The molecule has 41 heavy (non-hydrogen) atoms. The molecule has 0 unspecified atom stereocenters. The van der Waals surface area contributed by atoms with Crippen molar-refractivity contribution in [3.63, 3.8) is 0 Å². The Morgan fingerprint density at radius 3 is 2.59 bits per heavy atom. The second kappa shape index (κ2) is 11.3. The Kier molecular flexibility index (Phi) is 7.38. The number of fused-ring (bicyclic) bond motifs is 2. The minimum atomic E-state index is -2.95. The summed E-state index contributed by atoms with van der Waals surface area (Å²) in [5, 5.41) is 4.16. The number of pyridine rings is 2. The van der Waals surface area contributed by atoms with Gasteiger partial charge in [0.1, 0.15) is 11.6 Å². The number of hydrogen-bond donors (Lipinski definition) is 1. The summed E-state index contributed by atoms with van der Waals surface area (Å²) in [7, 11) is 1.96. The van der Waals surface area contributed by atoms with Crippen molar-refractivity contribution in [2.75, 3.05) is 26.4 Å². The van der Waals surface area contributed by atoms with E-state index >= 15 is 0 Å². The first-order valence-corrected chi connectivity index (χ1v) is 13.4. The van der Waals surface area contributed by atoms with Crippen LogP contribution in [0.5, 0.6) is 11.6 Å². The number of imidazole rings is 1. The van der Waals surface area contributed by atoms with Gasteiger partial charge in [-0.15, -0.1) is 0 Å². The van der Waals surface area contributed by atoms with E-state index in [-0.39, 0.29) is 11.3 Å². The third-order valence-electron chi connectivity index (χ3n) is 7.14. The van der Waals surface area contributed by atoms with Crippen LogP contribution >= 0.6 is 0 Å². The van der Waals surface area contributed by atoms with Gasteiger partial charge in [0.15, 0.2) is 5.65 Å². The molecule has 1 N–H and O–H groups in total. The maximum atomic E-state index is 14.1. The predicted molar refractivity (Wildman–Crippen MR) is 151 cm³/mol. The van der Waals surface area contributed by atoms with Crippen LogP contribution in [0.3, 0.4) is 0 Å². The summed E-state index contributed by atoms with van der Waals surface area (Å²) in [6.07, 6.45) is 0. The summed E-state index contributed by atoms with van der Waals surface area (Å²) >= 11 is 0. The lowest BCUT2D eigenvalue weighted by atomic mass is 10.0. The topological polar surface area (TPSA) is 92.4 Å². The number of halogens is 2. The quantitative estimate of drug-likeness (QED) is 0.265. The molecule has 0 amide bonds. The van der Waals surface area contributed by atoms with Gasteiger partial charge in [0.05, 0.1) is 43.1 Å². The molecule has 0 saturated carbocycles. The van der Waals surface area contributed by atoms with Crippen LogP contribution in [-0.4, -0.2) is 52.1 Å². The third-order valence-corrected chi connectivity index (χ3v) is 7.14. The molecule has 2 aromatic carbocycles. The van der Waals surface area contributed by atoms with Crippen LogP contribution in [0.4, 0.5) is 8.78 Å². The van der Waals surface area contributed by atoms with Gasteiger partial charge in [0.2, 0.25) is 5.88 Å². The van der Waals surface area contributed by atoms with Crippen molar-refractivity contribution in [1.29, 1.82) is 0 Å². The highest BCUT2D eigenvalue weighted by Gasteiger charge is 2.19. The third kappa shape index (κ3) is 5.38. The monoisotopic (exact) mass is 561 g/mol. The predicted octanol–water partition coefficient (Wildman–Crippen LogP) is 4.68. The van der Waals surface area contributed by atoms with E-state index in [2.05, 4.69) is 15.0 Å². The summed E-state index contributed by atoms with van der Waals surface area (Å²) < 4.78 is 44.2. The van der Waals surface area contributed by atoms with Crippen LogP contribution in [0, 0.1) is 5.92 Å². The Bertz CT molecular complexity index is 1760. The van der Waals surface area contributed by atoms with Gasteiger partial charge < -0.3 is 24.1 Å². The summed E-state index contributed by atoms with van der Waals surface area (Å²) in [5.41, 5.74) is 3.44. The minimum Gasteiger partial charge on any atom is -0.478 e. The Balaban J connectivity index is 1.43. The molecule has 0 spiro atoms. The van der Waals surface area contributed by atoms with Crippen molar-refractivity contribution in [2.24, 2.45) is 13.0 Å². The maximum absolute atomic E-state index is 14.1. The number of ether oxygens (including phenoxy) is 3. The fourth-order valence-electron chi connectivity index (χ4n) is 4.97. The fraction of sp³-hybridized carbons (Fsp3) is 0.300. The van der Waals surface area contributed by atoms with Gasteiger partial charge in [-0.25, -0.2) is 4.98 Å². The Morgan fingerprint density at radius 1 is 1.07 bits per heavy atom. The van der Waals surface area contributed by atoms with Gasteiger partial charge in [-0.3, -0.25) is 9.36 Å². The van der Waals surface area contributed by atoms with Gasteiger partial charge in [-0.1, -0.05) is 6.07 Å². The zero-order valence-corrected chi connectivity index (χ0v) is 22.6. The zero-order chi connectivity index (χ0) is 28.5. The summed E-state index contributed by atoms with van der Waals surface area (Å²) in [4.78, 5) is 23.4. The van der Waals surface area contributed by atoms with E-state index < -0.39 is 6.61 Å². The number of rotatable bonds is 10. The summed E-state index contributed by atoms with van der Waals surface area (Å²) in [6.45, 7) is 2.40. The summed E-state index contributed by atoms with van der Waals surface area (Å²) in [5.74, 6) is 1.81. The number of aromatic nitrogens is 4. The van der Waals surface area contributed by atoms with Crippen LogP contribution in [-0.2, 0) is 18.3 Å². The van der Waals surface area contributed by atoms with E-state index in [1.165, 1.54) is 16.7 Å². The second-order valence-electron chi connectivity index (χ2n) is 9.89. The molecule has 5 aromatic rings. The fourth-order valence-corrected chi connectivity index (χ4v) is 4.97. The van der Waals surface area contributed by atoms with Gasteiger partial charge in [-0.2, -0.15) is 13.8 Å². The average Bonchev–Trinajstić information content (AvgIpc) is 3.25. The van der Waals surface area contributed by atoms with Crippen LogP contribution in [0.2, 0.25) is 0 Å². The molecule has 1 fully saturated rings. The molecule has 9 nitrogen and oxygen atoms in total. The van der Waals surface area contributed by atoms with Crippen molar-refractivity contribution in [1.82, 2.24) is 24.4 Å². The molecule has 0 atom stereocenters. The van der Waals surface area contributed by atoms with Gasteiger partial charge in [0, 0.05) is 36.5 Å². The van der Waals surface area contributed by atoms with Crippen LogP contribution < -0.4 is 20.3 Å². The largest absolute Gasteiger partial charge is 0.478 e. The van der Waals surface area contributed by atoms with Crippen molar-refractivity contribution < 1.29 is 23.0 Å². The van der Waals surface area contributed by atoms with Crippen LogP contribution in [0.1, 0.15) is 12.7 Å². The zero-order valence-electron chi connectivity index (χ0n) is 22.6. The van der Waals surface area contributed by atoms with E-state index in [1.54, 1.807) is 18.2 Å². The molecule has 3 aromatic heterocycles. The van der Waals surface area contributed by atoms with Gasteiger partial charge >= 0.3 is 6.61 Å². The lowest BCUT2D eigenvalue weighted by Gasteiger charge is -2.25. The highest BCUT2D eigenvalue weighted by Crippen LogP contribution is 2.28. The van der Waals surface area contributed by atoms with Crippen molar-refractivity contribution in [3.8, 4) is 28.4 Å². The smallest absolute Gasteiger partial charge is 0.387 e. The van der Waals surface area contributed by atoms with E-state index in [1.807, 2.05) is 48.9 Å². The van der Waals surface area contributed by atoms with E-state index in [0.717, 1.165) is 42.2 Å². The first kappa shape index (κ1) is 26.9. The molecule has 1 saturated heterocycles. The standard InChI is InChI=1S/C30H29F2N5O4/c1-3-40-27-11-5-20-12-23(29(38)37(28(20)35-27)21-6-8-22(9-7-21)41-30(31)32)19-4-10-24-25(13-19)36(2)26(34-24)15-33-14-18-16-39-17-18/h4-13,18,30,33H,3,14-17H2,1-2H3. The minimum absolute atomic E-state index is 0.00630. The molecule has 0 radical (unpaired) electrons. The van der Waals surface area contributed by atoms with Gasteiger partial charge in [-0.05, 0) is 61.0 Å². The molecule has 0 aliphatic carbocycles. The lowest BCUT2D eigenvalue weighted by molar-refractivity contribution is -0.0498. The molecular weight excluding hydrogens is 532 g/mol. The first-order valence-electron chi connectivity index (χ1n) is 13.4. The molecular formula is C30H29F2N5O4. The molecule has 4 heterocycles. The summed E-state index contributed by atoms with van der Waals surface area (Å²) in [6, 6.07) is 17.1. The molecule has 1 aliphatic heterocycles. The number of alkyl halides is 2. The molecule has 212 valence electrons. The highest BCUT2D eigenvalue weighted by molar-refractivity contribution is 5.87. The Labute approximate surface area is 234 Å². The van der Waals surface area contributed by atoms with Crippen LogP contribution in [0.15, 0.2) is 65.5 Å². The average molecular weight is 562 g/mol. The van der Waals surface area contributed by atoms with Crippen molar-refractivity contribution in [3.05, 3.63) is 76.8 Å². The lowest BCUT2D eigenvalue weighted by Crippen LogP contribution is -2.36. The van der Waals surface area contributed by atoms with Crippen molar-refractivity contribution >= 4 is 22.1 Å². The number of nitrogens with zero attached hydrogens (tertiary/aromatic N) is 4. The SMILES string of the molecule is CCOc1ccc2cc(-c3ccc4nc(CNCC5COC5)n(C)c4c3)c(=O)n(-c3ccc(OC(F)F)cc3)c2n1. The van der Waals surface area contributed by atoms with E-state index in [0.29, 0.717) is 47.2 Å². The molecule has 0 bridgehead atoms. The van der Waals surface area contributed by atoms with Crippen molar-refractivity contribution in [2.45, 2.75) is 20.1 Å². The van der Waals surface area contributed by atoms with Gasteiger partial charge in [0.25, 0.3) is 5.56 Å². The molecule has 6 rings (SSSR count). The maximum Gasteiger partial charge on any atom is 0.387 e. The second-order valence-corrected chi connectivity index (χ2v) is 9.89. The Morgan fingerprint density at radius 2 is 1.88 bits per heavy atom. The van der Waals surface area contributed by atoms with E-state index in [4.69, 9.17) is 14.5 Å². The number of aryl methyl sites for hydroxylation is 1. The Hall–Kier alpha value is -4.35. The number of benzene rings is 2. The first-order chi connectivity index (χ1) is 19.9. The number of hydrogen-bond acceptors (Lipinski definition) is 7. The molecule has 11 heteroatoms.